The normalized spacial score (nSPS) is 14.9. The fourth-order valence-electron chi connectivity index (χ4n) is 1.11. The van der Waals surface area contributed by atoms with Gasteiger partial charge in [-0.1, -0.05) is 30.3 Å². The summed E-state index contributed by atoms with van der Waals surface area (Å²) >= 11 is 0. The molecule has 0 aromatic heterocycles. The summed E-state index contributed by atoms with van der Waals surface area (Å²) in [6.45, 7) is 1.83. The highest BCUT2D eigenvalue weighted by atomic mass is 16.2. The van der Waals surface area contributed by atoms with Gasteiger partial charge in [0.2, 0.25) is 5.91 Å². The first-order chi connectivity index (χ1) is 6.36. The van der Waals surface area contributed by atoms with Gasteiger partial charge in [-0.05, 0) is 11.6 Å². The molecular formula is C11H11NO. The summed E-state index contributed by atoms with van der Waals surface area (Å²) in [7, 11) is 0. The fourth-order valence-corrected chi connectivity index (χ4v) is 1.11. The van der Waals surface area contributed by atoms with Crippen LogP contribution in [0.3, 0.4) is 0 Å². The number of rotatable bonds is 2. The summed E-state index contributed by atoms with van der Waals surface area (Å²) in [6.07, 6.45) is 3.48. The van der Waals surface area contributed by atoms with Crippen molar-refractivity contribution in [2.24, 2.45) is 0 Å². The second-order valence-electron chi connectivity index (χ2n) is 3.07. The van der Waals surface area contributed by atoms with Gasteiger partial charge in [0, 0.05) is 19.2 Å². The quantitative estimate of drug-likeness (QED) is 0.490. The first-order valence-electron chi connectivity index (χ1n) is 4.38. The molecule has 1 fully saturated rings. The Hall–Kier alpha value is -1.57. The summed E-state index contributed by atoms with van der Waals surface area (Å²) in [4.78, 5) is 13.0. The molecule has 0 unspecified atom stereocenters. The molecule has 1 aromatic carbocycles. The Morgan fingerprint density at radius 1 is 1.23 bits per heavy atom. The van der Waals surface area contributed by atoms with Crippen LogP contribution in [-0.2, 0) is 4.79 Å². The molecule has 2 nitrogen and oxygen atoms in total. The lowest BCUT2D eigenvalue weighted by molar-refractivity contribution is -0.120. The van der Waals surface area contributed by atoms with Crippen LogP contribution in [0.1, 0.15) is 5.56 Å². The molecule has 2 rings (SSSR count). The third-order valence-corrected chi connectivity index (χ3v) is 1.98. The number of hydrogen-bond acceptors (Lipinski definition) is 1. The van der Waals surface area contributed by atoms with Crippen LogP contribution in [0.15, 0.2) is 36.4 Å². The molecule has 2 heteroatoms. The zero-order chi connectivity index (χ0) is 9.10. The van der Waals surface area contributed by atoms with Gasteiger partial charge in [-0.15, -0.1) is 0 Å². The number of amides is 1. The van der Waals surface area contributed by atoms with E-state index in [1.54, 1.807) is 11.0 Å². The van der Waals surface area contributed by atoms with E-state index in [0.29, 0.717) is 0 Å². The number of carbonyl (C=O) groups is 1. The molecule has 0 spiro atoms. The van der Waals surface area contributed by atoms with E-state index in [-0.39, 0.29) is 5.91 Å². The molecule has 0 aliphatic carbocycles. The average Bonchev–Trinajstić information content (AvgIpc) is 2.99. The molecule has 0 bridgehead atoms. The van der Waals surface area contributed by atoms with Crippen molar-refractivity contribution in [3.05, 3.63) is 42.0 Å². The molecule has 66 valence electrons. The van der Waals surface area contributed by atoms with E-state index in [2.05, 4.69) is 0 Å². The summed E-state index contributed by atoms with van der Waals surface area (Å²) in [5.41, 5.74) is 1.07. The first-order valence-corrected chi connectivity index (χ1v) is 4.38. The third-order valence-electron chi connectivity index (χ3n) is 1.98. The van der Waals surface area contributed by atoms with Crippen LogP contribution in [0, 0.1) is 0 Å². The number of nitrogens with zero attached hydrogens (tertiary/aromatic N) is 1. The monoisotopic (exact) mass is 173 g/mol. The third kappa shape index (κ3) is 2.18. The summed E-state index contributed by atoms with van der Waals surface area (Å²) in [5.74, 6) is 0.115. The van der Waals surface area contributed by atoms with E-state index in [9.17, 15) is 4.79 Å². The lowest BCUT2D eigenvalue weighted by atomic mass is 10.2. The highest BCUT2D eigenvalue weighted by Crippen LogP contribution is 2.06. The highest BCUT2D eigenvalue weighted by Gasteiger charge is 2.21. The first kappa shape index (κ1) is 8.05. The second kappa shape index (κ2) is 3.44. The SMILES string of the molecule is O=C(/C=C/c1ccccc1)N1CC1. The van der Waals surface area contributed by atoms with Crippen molar-refractivity contribution in [2.75, 3.05) is 13.1 Å². The minimum Gasteiger partial charge on any atom is -0.336 e. The predicted molar refractivity (Wildman–Crippen MR) is 52.1 cm³/mol. The number of carbonyl (C=O) groups excluding carboxylic acids is 1. The largest absolute Gasteiger partial charge is 0.336 e. The lowest BCUT2D eigenvalue weighted by Gasteiger charge is -1.93. The van der Waals surface area contributed by atoms with E-state index in [0.717, 1.165) is 18.7 Å². The number of benzene rings is 1. The molecule has 1 aromatic rings. The van der Waals surface area contributed by atoms with E-state index >= 15 is 0 Å². The Morgan fingerprint density at radius 3 is 2.54 bits per heavy atom. The van der Waals surface area contributed by atoms with Crippen LogP contribution in [0.25, 0.3) is 6.08 Å². The van der Waals surface area contributed by atoms with Crippen LogP contribution < -0.4 is 0 Å². The standard InChI is InChI=1S/C11H11NO/c13-11(12-8-9-12)7-6-10-4-2-1-3-5-10/h1-7H,8-9H2/b7-6+. The van der Waals surface area contributed by atoms with Gasteiger partial charge >= 0.3 is 0 Å². The summed E-state index contributed by atoms with van der Waals surface area (Å²) in [6, 6.07) is 9.84. The predicted octanol–water partition coefficient (Wildman–Crippen LogP) is 1.54. The Labute approximate surface area is 77.5 Å². The van der Waals surface area contributed by atoms with Gasteiger partial charge in [0.15, 0.2) is 0 Å². The van der Waals surface area contributed by atoms with Crippen molar-refractivity contribution in [3.8, 4) is 0 Å². The molecule has 13 heavy (non-hydrogen) atoms. The van der Waals surface area contributed by atoms with Gasteiger partial charge in [0.25, 0.3) is 0 Å². The van der Waals surface area contributed by atoms with Crippen molar-refractivity contribution in [2.45, 2.75) is 0 Å². The Balaban J connectivity index is 2.00. The van der Waals surface area contributed by atoms with Crippen LogP contribution in [0.5, 0.6) is 0 Å². The molecule has 1 aliphatic heterocycles. The zero-order valence-electron chi connectivity index (χ0n) is 7.31. The van der Waals surface area contributed by atoms with E-state index in [1.165, 1.54) is 0 Å². The van der Waals surface area contributed by atoms with E-state index < -0.39 is 0 Å². The maximum Gasteiger partial charge on any atom is 0.246 e. The van der Waals surface area contributed by atoms with Crippen LogP contribution >= 0.6 is 0 Å². The smallest absolute Gasteiger partial charge is 0.246 e. The highest BCUT2D eigenvalue weighted by molar-refractivity contribution is 5.93. The average molecular weight is 173 g/mol. The van der Waals surface area contributed by atoms with Crippen LogP contribution in [-0.4, -0.2) is 23.9 Å². The molecule has 1 heterocycles. The van der Waals surface area contributed by atoms with E-state index in [1.807, 2.05) is 36.4 Å². The van der Waals surface area contributed by atoms with Gasteiger partial charge in [-0.25, -0.2) is 0 Å². The topological polar surface area (TPSA) is 20.1 Å². The number of hydrogen-bond donors (Lipinski definition) is 0. The summed E-state index contributed by atoms with van der Waals surface area (Å²) in [5, 5.41) is 0. The molecular weight excluding hydrogens is 162 g/mol. The van der Waals surface area contributed by atoms with Crippen LogP contribution in [0.2, 0.25) is 0 Å². The molecule has 0 N–H and O–H groups in total. The van der Waals surface area contributed by atoms with Gasteiger partial charge in [-0.2, -0.15) is 0 Å². The maximum atomic E-state index is 11.2. The van der Waals surface area contributed by atoms with Crippen molar-refractivity contribution in [3.63, 3.8) is 0 Å². The Kier molecular flexibility index (Phi) is 2.13. The molecule has 1 saturated heterocycles. The Morgan fingerprint density at radius 2 is 1.92 bits per heavy atom. The molecule has 1 amide bonds. The van der Waals surface area contributed by atoms with Crippen molar-refractivity contribution < 1.29 is 4.79 Å². The lowest BCUT2D eigenvalue weighted by Crippen LogP contribution is -2.05. The van der Waals surface area contributed by atoms with Gasteiger partial charge in [0.05, 0.1) is 0 Å². The van der Waals surface area contributed by atoms with Crippen LogP contribution in [0.4, 0.5) is 0 Å². The molecule has 1 aliphatic rings. The molecule has 0 radical (unpaired) electrons. The minimum atomic E-state index is 0.115. The fraction of sp³-hybridized carbons (Fsp3) is 0.182. The molecule has 0 atom stereocenters. The Bertz CT molecular complexity index is 325. The van der Waals surface area contributed by atoms with Gasteiger partial charge in [-0.3, -0.25) is 4.79 Å². The molecule has 0 saturated carbocycles. The van der Waals surface area contributed by atoms with Crippen molar-refractivity contribution in [1.29, 1.82) is 0 Å². The zero-order valence-corrected chi connectivity index (χ0v) is 7.31. The van der Waals surface area contributed by atoms with Gasteiger partial charge < -0.3 is 4.90 Å². The van der Waals surface area contributed by atoms with E-state index in [4.69, 9.17) is 0 Å². The second-order valence-corrected chi connectivity index (χ2v) is 3.07. The van der Waals surface area contributed by atoms with Crippen molar-refractivity contribution in [1.82, 2.24) is 4.90 Å². The summed E-state index contributed by atoms with van der Waals surface area (Å²) < 4.78 is 0. The maximum absolute atomic E-state index is 11.2. The van der Waals surface area contributed by atoms with Crippen molar-refractivity contribution >= 4 is 12.0 Å². The van der Waals surface area contributed by atoms with Gasteiger partial charge in [0.1, 0.15) is 0 Å². The minimum absolute atomic E-state index is 0.115.